The average Bonchev–Trinajstić information content (AvgIpc) is 2.34. The molecule has 0 bridgehead atoms. The molecule has 0 saturated heterocycles. The largest absolute Gasteiger partial charge is 0.319 e. The first kappa shape index (κ1) is 13.0. The van der Waals surface area contributed by atoms with Crippen LogP contribution in [0.3, 0.4) is 0 Å². The lowest BCUT2D eigenvalue weighted by atomic mass is 9.75. The second-order valence-corrected chi connectivity index (χ2v) is 5.71. The highest BCUT2D eigenvalue weighted by molar-refractivity contribution is 9.10. The van der Waals surface area contributed by atoms with Gasteiger partial charge in [-0.15, -0.1) is 0 Å². The Balaban J connectivity index is 2.26. The predicted molar refractivity (Wildman–Crippen MR) is 72.7 cm³/mol. The molecule has 1 saturated carbocycles. The maximum absolute atomic E-state index is 14.1. The van der Waals surface area contributed by atoms with E-state index >= 15 is 0 Å². The molecule has 0 radical (unpaired) electrons. The monoisotopic (exact) mass is 299 g/mol. The fourth-order valence-corrected chi connectivity index (χ4v) is 3.31. The normalized spacial score (nSPS) is 24.9. The Labute approximate surface area is 111 Å². The van der Waals surface area contributed by atoms with E-state index in [1.807, 2.05) is 19.2 Å². The van der Waals surface area contributed by atoms with Crippen molar-refractivity contribution in [3.63, 3.8) is 0 Å². The van der Waals surface area contributed by atoms with Gasteiger partial charge < -0.3 is 5.32 Å². The van der Waals surface area contributed by atoms with Crippen molar-refractivity contribution in [1.82, 2.24) is 5.32 Å². The Hall–Kier alpha value is -0.410. The summed E-state index contributed by atoms with van der Waals surface area (Å²) in [5.41, 5.74) is 0.888. The lowest BCUT2D eigenvalue weighted by Gasteiger charge is -2.32. The molecule has 2 unspecified atom stereocenters. The predicted octanol–water partition coefficient (Wildman–Crippen LogP) is 4.08. The molecule has 0 aromatic heterocycles. The molecule has 1 aromatic carbocycles. The van der Waals surface area contributed by atoms with Gasteiger partial charge in [0.25, 0.3) is 0 Å². The Morgan fingerprint density at radius 2 is 2.12 bits per heavy atom. The van der Waals surface area contributed by atoms with Crippen LogP contribution in [-0.2, 0) is 0 Å². The molecule has 1 aliphatic rings. The van der Waals surface area contributed by atoms with Gasteiger partial charge in [-0.25, -0.2) is 4.39 Å². The number of benzene rings is 1. The van der Waals surface area contributed by atoms with Crippen LogP contribution in [0.5, 0.6) is 0 Å². The third-order valence-electron chi connectivity index (χ3n) is 3.76. The van der Waals surface area contributed by atoms with Crippen molar-refractivity contribution in [2.75, 3.05) is 13.6 Å². The summed E-state index contributed by atoms with van der Waals surface area (Å²) in [7, 11) is 1.98. The zero-order valence-corrected chi connectivity index (χ0v) is 11.8. The van der Waals surface area contributed by atoms with Crippen molar-refractivity contribution in [3.05, 3.63) is 34.1 Å². The van der Waals surface area contributed by atoms with Crippen molar-refractivity contribution in [2.24, 2.45) is 5.92 Å². The molecule has 1 fully saturated rings. The zero-order valence-electron chi connectivity index (χ0n) is 10.2. The minimum absolute atomic E-state index is 0.0690. The number of hydrogen-bond donors (Lipinski definition) is 1. The van der Waals surface area contributed by atoms with E-state index in [1.165, 1.54) is 19.3 Å². The first-order chi connectivity index (χ1) is 8.24. The van der Waals surface area contributed by atoms with Crippen molar-refractivity contribution in [1.29, 1.82) is 0 Å². The van der Waals surface area contributed by atoms with Crippen molar-refractivity contribution >= 4 is 15.9 Å². The maximum Gasteiger partial charge on any atom is 0.140 e. The van der Waals surface area contributed by atoms with Crippen LogP contribution in [0.1, 0.15) is 37.2 Å². The van der Waals surface area contributed by atoms with Gasteiger partial charge in [0.15, 0.2) is 0 Å². The van der Waals surface area contributed by atoms with Gasteiger partial charge in [0.1, 0.15) is 5.82 Å². The van der Waals surface area contributed by atoms with Gasteiger partial charge in [-0.1, -0.05) is 25.0 Å². The highest BCUT2D eigenvalue weighted by atomic mass is 79.9. The minimum atomic E-state index is -0.0690. The van der Waals surface area contributed by atoms with E-state index in [-0.39, 0.29) is 5.82 Å². The van der Waals surface area contributed by atoms with E-state index in [1.54, 1.807) is 6.07 Å². The van der Waals surface area contributed by atoms with Gasteiger partial charge in [0.05, 0.1) is 4.47 Å². The summed E-state index contributed by atoms with van der Waals surface area (Å²) in [6.07, 6.45) is 4.81. The van der Waals surface area contributed by atoms with Crippen LogP contribution in [0.15, 0.2) is 22.7 Å². The van der Waals surface area contributed by atoms with Gasteiger partial charge in [0, 0.05) is 0 Å². The van der Waals surface area contributed by atoms with Crippen LogP contribution in [0.25, 0.3) is 0 Å². The number of rotatable bonds is 3. The van der Waals surface area contributed by atoms with Crippen molar-refractivity contribution < 1.29 is 4.39 Å². The summed E-state index contributed by atoms with van der Waals surface area (Å²) in [5, 5.41) is 3.24. The molecule has 1 N–H and O–H groups in total. The lowest BCUT2D eigenvalue weighted by Crippen LogP contribution is -2.28. The molecule has 1 aromatic rings. The highest BCUT2D eigenvalue weighted by Crippen LogP contribution is 2.39. The van der Waals surface area contributed by atoms with E-state index in [0.29, 0.717) is 16.3 Å². The Morgan fingerprint density at radius 3 is 2.88 bits per heavy atom. The summed E-state index contributed by atoms with van der Waals surface area (Å²) < 4.78 is 14.7. The van der Waals surface area contributed by atoms with Crippen LogP contribution in [0.4, 0.5) is 4.39 Å². The fraction of sp³-hybridized carbons (Fsp3) is 0.571. The molecule has 2 rings (SSSR count). The molecule has 0 spiro atoms. The molecular formula is C14H19BrFN. The smallest absolute Gasteiger partial charge is 0.140 e. The van der Waals surface area contributed by atoms with Crippen LogP contribution in [0.2, 0.25) is 0 Å². The first-order valence-electron chi connectivity index (χ1n) is 6.32. The molecular weight excluding hydrogens is 281 g/mol. The Morgan fingerprint density at radius 1 is 1.35 bits per heavy atom. The summed E-state index contributed by atoms with van der Waals surface area (Å²) >= 11 is 3.28. The SMILES string of the molecule is CNCC1CCCCC1c1cccc(Br)c1F. The Bertz CT molecular complexity index is 378. The van der Waals surface area contributed by atoms with Crippen LogP contribution in [-0.4, -0.2) is 13.6 Å². The maximum atomic E-state index is 14.1. The summed E-state index contributed by atoms with van der Waals surface area (Å²) in [4.78, 5) is 0. The van der Waals surface area contributed by atoms with E-state index in [0.717, 1.165) is 18.5 Å². The number of nitrogens with one attached hydrogen (secondary N) is 1. The number of hydrogen-bond acceptors (Lipinski definition) is 1. The molecule has 94 valence electrons. The van der Waals surface area contributed by atoms with E-state index in [4.69, 9.17) is 0 Å². The van der Waals surface area contributed by atoms with Crippen LogP contribution >= 0.6 is 15.9 Å². The molecule has 0 aliphatic heterocycles. The van der Waals surface area contributed by atoms with Gasteiger partial charge >= 0.3 is 0 Å². The van der Waals surface area contributed by atoms with Crippen molar-refractivity contribution in [2.45, 2.75) is 31.6 Å². The molecule has 0 heterocycles. The average molecular weight is 300 g/mol. The van der Waals surface area contributed by atoms with E-state index in [2.05, 4.69) is 21.2 Å². The second-order valence-electron chi connectivity index (χ2n) is 4.85. The summed E-state index contributed by atoms with van der Waals surface area (Å²) in [6.45, 7) is 0.983. The van der Waals surface area contributed by atoms with Gasteiger partial charge in [-0.05, 0) is 65.8 Å². The van der Waals surface area contributed by atoms with E-state index < -0.39 is 0 Å². The summed E-state index contributed by atoms with van der Waals surface area (Å²) in [5.74, 6) is 0.867. The fourth-order valence-electron chi connectivity index (χ4n) is 2.93. The third kappa shape index (κ3) is 2.89. The van der Waals surface area contributed by atoms with Gasteiger partial charge in [-0.3, -0.25) is 0 Å². The Kier molecular flexibility index (Phi) is 4.57. The van der Waals surface area contributed by atoms with Gasteiger partial charge in [0.2, 0.25) is 0 Å². The first-order valence-corrected chi connectivity index (χ1v) is 7.12. The molecule has 3 heteroatoms. The van der Waals surface area contributed by atoms with Crippen LogP contribution < -0.4 is 5.32 Å². The van der Waals surface area contributed by atoms with Crippen LogP contribution in [0, 0.1) is 11.7 Å². The molecule has 1 nitrogen and oxygen atoms in total. The van der Waals surface area contributed by atoms with Gasteiger partial charge in [-0.2, -0.15) is 0 Å². The molecule has 1 aliphatic carbocycles. The molecule has 2 atom stereocenters. The second kappa shape index (κ2) is 5.96. The molecule has 17 heavy (non-hydrogen) atoms. The topological polar surface area (TPSA) is 12.0 Å². The summed E-state index contributed by atoms with van der Waals surface area (Å²) in [6, 6.07) is 5.65. The lowest BCUT2D eigenvalue weighted by molar-refractivity contribution is 0.295. The zero-order chi connectivity index (χ0) is 12.3. The number of halogens is 2. The van der Waals surface area contributed by atoms with Crippen molar-refractivity contribution in [3.8, 4) is 0 Å². The third-order valence-corrected chi connectivity index (χ3v) is 4.37. The quantitative estimate of drug-likeness (QED) is 0.887. The molecule has 0 amide bonds. The highest BCUT2D eigenvalue weighted by Gasteiger charge is 2.28. The standard InChI is InChI=1S/C14H19BrFN/c1-17-9-10-5-2-3-6-11(10)12-7-4-8-13(15)14(12)16/h4,7-8,10-11,17H,2-3,5-6,9H2,1H3. The van der Waals surface area contributed by atoms with E-state index in [9.17, 15) is 4.39 Å². The minimum Gasteiger partial charge on any atom is -0.319 e.